The monoisotopic (exact) mass is 331 g/mol. The van der Waals surface area contributed by atoms with Crippen LogP contribution in [-0.4, -0.2) is 6.61 Å². The molecular formula is C21H30FNO. The maximum atomic E-state index is 13.5. The molecular weight excluding hydrogens is 301 g/mol. The van der Waals surface area contributed by atoms with Crippen molar-refractivity contribution < 1.29 is 9.13 Å². The Hall–Kier alpha value is -1.56. The number of nitrogens with zero attached hydrogens (tertiary/aromatic N) is 1. The highest BCUT2D eigenvalue weighted by molar-refractivity contribution is 5.36. The Morgan fingerprint density at radius 3 is 2.33 bits per heavy atom. The van der Waals surface area contributed by atoms with Crippen LogP contribution in [0.1, 0.15) is 76.7 Å². The van der Waals surface area contributed by atoms with Gasteiger partial charge in [-0.25, -0.2) is 4.39 Å². The van der Waals surface area contributed by atoms with Gasteiger partial charge in [0, 0.05) is 6.07 Å². The molecule has 1 aliphatic rings. The second kappa shape index (κ2) is 10.3. The molecule has 0 amide bonds. The average Bonchev–Trinajstić information content (AvgIpc) is 2.60. The van der Waals surface area contributed by atoms with Crippen molar-refractivity contribution in [2.45, 2.75) is 71.1 Å². The van der Waals surface area contributed by atoms with E-state index < -0.39 is 5.82 Å². The number of benzene rings is 1. The van der Waals surface area contributed by atoms with Crippen LogP contribution in [0.4, 0.5) is 4.39 Å². The molecule has 1 fully saturated rings. The molecule has 0 unspecified atom stereocenters. The van der Waals surface area contributed by atoms with Crippen LogP contribution in [0.3, 0.4) is 0 Å². The number of rotatable bonds is 9. The second-order valence-electron chi connectivity index (χ2n) is 7.13. The number of nitriles is 1. The fourth-order valence-electron chi connectivity index (χ4n) is 3.73. The van der Waals surface area contributed by atoms with Gasteiger partial charge in [-0.3, -0.25) is 0 Å². The van der Waals surface area contributed by atoms with Gasteiger partial charge in [-0.1, -0.05) is 58.3 Å². The van der Waals surface area contributed by atoms with Gasteiger partial charge in [-0.15, -0.1) is 0 Å². The van der Waals surface area contributed by atoms with E-state index in [1.807, 2.05) is 6.07 Å². The Balaban J connectivity index is 1.58. The molecule has 0 bridgehead atoms. The van der Waals surface area contributed by atoms with Crippen molar-refractivity contribution in [2.24, 2.45) is 11.8 Å². The first-order chi connectivity index (χ1) is 11.7. The number of halogens is 1. The predicted octanol–water partition coefficient (Wildman–Crippen LogP) is 6.24. The molecule has 2 nitrogen and oxygen atoms in total. The minimum atomic E-state index is -0.503. The Morgan fingerprint density at radius 2 is 1.75 bits per heavy atom. The van der Waals surface area contributed by atoms with Gasteiger partial charge in [0.1, 0.15) is 17.6 Å². The zero-order chi connectivity index (χ0) is 17.2. The van der Waals surface area contributed by atoms with Gasteiger partial charge in [0.15, 0.2) is 0 Å². The van der Waals surface area contributed by atoms with E-state index >= 15 is 0 Å². The van der Waals surface area contributed by atoms with Gasteiger partial charge in [-0.05, 0) is 36.8 Å². The Labute approximate surface area is 146 Å². The lowest BCUT2D eigenvalue weighted by Gasteiger charge is -2.28. The van der Waals surface area contributed by atoms with E-state index in [2.05, 4.69) is 6.92 Å². The summed E-state index contributed by atoms with van der Waals surface area (Å²) in [5.41, 5.74) is 0.0676. The summed E-state index contributed by atoms with van der Waals surface area (Å²) in [4.78, 5) is 0. The van der Waals surface area contributed by atoms with Gasteiger partial charge in [0.25, 0.3) is 0 Å². The summed E-state index contributed by atoms with van der Waals surface area (Å²) in [5.74, 6) is 1.82. The summed E-state index contributed by atoms with van der Waals surface area (Å²) < 4.78 is 19.1. The van der Waals surface area contributed by atoms with Gasteiger partial charge in [-0.2, -0.15) is 5.26 Å². The van der Waals surface area contributed by atoms with Crippen LogP contribution < -0.4 is 4.74 Å². The number of ether oxygens (including phenoxy) is 1. The number of unbranched alkanes of at least 4 members (excludes halogenated alkanes) is 2. The molecule has 1 aromatic carbocycles. The van der Waals surface area contributed by atoms with Crippen molar-refractivity contribution in [1.29, 1.82) is 5.26 Å². The van der Waals surface area contributed by atoms with E-state index in [1.54, 1.807) is 6.07 Å². The molecule has 0 atom stereocenters. The fraction of sp³-hybridized carbons (Fsp3) is 0.667. The molecule has 3 heteroatoms. The van der Waals surface area contributed by atoms with Crippen LogP contribution in [0.2, 0.25) is 0 Å². The molecule has 0 saturated heterocycles. The minimum absolute atomic E-state index is 0.0676. The third-order valence-electron chi connectivity index (χ3n) is 5.27. The van der Waals surface area contributed by atoms with E-state index in [1.165, 1.54) is 69.9 Å². The van der Waals surface area contributed by atoms with Crippen molar-refractivity contribution >= 4 is 0 Å². The standard InChI is InChI=1S/C21H30FNO/c1-2-3-4-6-17-8-10-18(11-9-17)7-5-14-24-20-13-12-19(16-23)21(22)15-20/h12-13,15,17-18H,2-11,14H2,1H3. The summed E-state index contributed by atoms with van der Waals surface area (Å²) in [6, 6.07) is 6.27. The van der Waals surface area contributed by atoms with Crippen LogP contribution in [0, 0.1) is 29.0 Å². The average molecular weight is 331 g/mol. The van der Waals surface area contributed by atoms with Crippen molar-refractivity contribution in [3.05, 3.63) is 29.6 Å². The van der Waals surface area contributed by atoms with E-state index in [0.29, 0.717) is 12.4 Å². The molecule has 1 saturated carbocycles. The van der Waals surface area contributed by atoms with E-state index in [-0.39, 0.29) is 5.56 Å². The highest BCUT2D eigenvalue weighted by atomic mass is 19.1. The predicted molar refractivity (Wildman–Crippen MR) is 95.4 cm³/mol. The second-order valence-corrected chi connectivity index (χ2v) is 7.13. The fourth-order valence-corrected chi connectivity index (χ4v) is 3.73. The molecule has 1 aromatic rings. The SMILES string of the molecule is CCCCCC1CCC(CCCOc2ccc(C#N)c(F)c2)CC1. The molecule has 1 aliphatic carbocycles. The molecule has 0 radical (unpaired) electrons. The summed E-state index contributed by atoms with van der Waals surface area (Å²) in [6.45, 7) is 2.90. The van der Waals surface area contributed by atoms with Crippen LogP contribution >= 0.6 is 0 Å². The first-order valence-corrected chi connectivity index (χ1v) is 9.55. The third kappa shape index (κ3) is 6.15. The van der Waals surface area contributed by atoms with Crippen molar-refractivity contribution in [1.82, 2.24) is 0 Å². The summed E-state index contributed by atoms with van der Waals surface area (Å²) in [6.07, 6.45) is 13.3. The zero-order valence-electron chi connectivity index (χ0n) is 14.9. The van der Waals surface area contributed by atoms with Gasteiger partial charge in [0.2, 0.25) is 0 Å². The number of hydrogen-bond acceptors (Lipinski definition) is 2. The maximum Gasteiger partial charge on any atom is 0.144 e. The smallest absolute Gasteiger partial charge is 0.144 e. The van der Waals surface area contributed by atoms with E-state index in [9.17, 15) is 4.39 Å². The van der Waals surface area contributed by atoms with Crippen LogP contribution in [0.15, 0.2) is 18.2 Å². The molecule has 0 heterocycles. The lowest BCUT2D eigenvalue weighted by atomic mass is 9.78. The van der Waals surface area contributed by atoms with Crippen molar-refractivity contribution in [3.8, 4) is 11.8 Å². The quantitative estimate of drug-likeness (QED) is 0.501. The Bertz CT molecular complexity index is 529. The lowest BCUT2D eigenvalue weighted by molar-refractivity contribution is 0.228. The summed E-state index contributed by atoms with van der Waals surface area (Å²) >= 11 is 0. The van der Waals surface area contributed by atoms with Crippen LogP contribution in [0.25, 0.3) is 0 Å². The normalized spacial score (nSPS) is 20.5. The molecule has 24 heavy (non-hydrogen) atoms. The van der Waals surface area contributed by atoms with Gasteiger partial charge in [0.05, 0.1) is 12.2 Å². The highest BCUT2D eigenvalue weighted by Gasteiger charge is 2.20. The largest absolute Gasteiger partial charge is 0.493 e. The van der Waals surface area contributed by atoms with Gasteiger partial charge >= 0.3 is 0 Å². The topological polar surface area (TPSA) is 33.0 Å². The van der Waals surface area contributed by atoms with E-state index in [4.69, 9.17) is 10.00 Å². The Kier molecular flexibility index (Phi) is 8.08. The van der Waals surface area contributed by atoms with Crippen LogP contribution in [0.5, 0.6) is 5.75 Å². The lowest BCUT2D eigenvalue weighted by Crippen LogP contribution is -2.15. The third-order valence-corrected chi connectivity index (χ3v) is 5.27. The van der Waals surface area contributed by atoms with E-state index in [0.717, 1.165) is 18.3 Å². The molecule has 0 aliphatic heterocycles. The molecule has 2 rings (SSSR count). The minimum Gasteiger partial charge on any atom is -0.493 e. The molecule has 0 spiro atoms. The summed E-state index contributed by atoms with van der Waals surface area (Å²) in [7, 11) is 0. The van der Waals surface area contributed by atoms with Crippen molar-refractivity contribution in [3.63, 3.8) is 0 Å². The highest BCUT2D eigenvalue weighted by Crippen LogP contribution is 2.34. The number of hydrogen-bond donors (Lipinski definition) is 0. The summed E-state index contributed by atoms with van der Waals surface area (Å²) in [5, 5.41) is 8.72. The first kappa shape index (κ1) is 18.8. The van der Waals surface area contributed by atoms with Crippen LogP contribution in [-0.2, 0) is 0 Å². The first-order valence-electron chi connectivity index (χ1n) is 9.55. The van der Waals surface area contributed by atoms with Gasteiger partial charge < -0.3 is 4.74 Å². The molecule has 0 N–H and O–H groups in total. The molecule has 0 aromatic heterocycles. The maximum absolute atomic E-state index is 13.5. The Morgan fingerprint density at radius 1 is 1.08 bits per heavy atom. The zero-order valence-corrected chi connectivity index (χ0v) is 14.9. The molecule has 132 valence electrons. The van der Waals surface area contributed by atoms with Crippen molar-refractivity contribution in [2.75, 3.05) is 6.61 Å².